The molecule has 0 spiro atoms. The maximum absolute atomic E-state index is 12.4. The van der Waals surface area contributed by atoms with Crippen molar-refractivity contribution in [2.45, 2.75) is 12.7 Å². The average molecular weight is 339 g/mol. The highest BCUT2D eigenvalue weighted by atomic mass is 19.4. The van der Waals surface area contributed by atoms with Crippen LogP contribution in [0.3, 0.4) is 0 Å². The SMILES string of the molecule is O=C(ON1C(=O)c2ccccc2C1=O)c1ccnn1CC(F)(F)F. The number of hydrogen-bond donors (Lipinski definition) is 0. The summed E-state index contributed by atoms with van der Waals surface area (Å²) in [6.45, 7) is -1.51. The number of rotatable bonds is 3. The molecule has 0 saturated heterocycles. The van der Waals surface area contributed by atoms with Crippen molar-refractivity contribution < 1.29 is 32.4 Å². The van der Waals surface area contributed by atoms with Gasteiger partial charge in [0.2, 0.25) is 0 Å². The molecule has 3 rings (SSSR count). The third-order valence-electron chi connectivity index (χ3n) is 3.19. The zero-order valence-electron chi connectivity index (χ0n) is 11.8. The van der Waals surface area contributed by atoms with Crippen LogP contribution in [0.15, 0.2) is 36.5 Å². The molecular formula is C14H8F3N3O4. The lowest BCUT2D eigenvalue weighted by Crippen LogP contribution is -2.34. The van der Waals surface area contributed by atoms with Gasteiger partial charge in [-0.3, -0.25) is 9.59 Å². The molecule has 0 unspecified atom stereocenters. The number of hydroxylamine groups is 2. The number of imide groups is 1. The first-order chi connectivity index (χ1) is 11.3. The number of hydrogen-bond acceptors (Lipinski definition) is 5. The van der Waals surface area contributed by atoms with Gasteiger partial charge in [0.1, 0.15) is 12.2 Å². The van der Waals surface area contributed by atoms with Crippen LogP contribution in [0.25, 0.3) is 0 Å². The van der Waals surface area contributed by atoms with Crippen LogP contribution in [0.4, 0.5) is 13.2 Å². The van der Waals surface area contributed by atoms with Gasteiger partial charge in [-0.2, -0.15) is 18.3 Å². The van der Waals surface area contributed by atoms with Gasteiger partial charge in [-0.05, 0) is 18.2 Å². The second kappa shape index (κ2) is 5.48. The summed E-state index contributed by atoms with van der Waals surface area (Å²) < 4.78 is 37.7. The summed E-state index contributed by atoms with van der Waals surface area (Å²) in [7, 11) is 0. The van der Waals surface area contributed by atoms with Crippen molar-refractivity contribution in [1.29, 1.82) is 0 Å². The van der Waals surface area contributed by atoms with E-state index in [1.165, 1.54) is 24.3 Å². The zero-order chi connectivity index (χ0) is 17.5. The molecule has 7 nitrogen and oxygen atoms in total. The Balaban J connectivity index is 1.81. The van der Waals surface area contributed by atoms with Crippen LogP contribution in [0.2, 0.25) is 0 Å². The summed E-state index contributed by atoms with van der Waals surface area (Å²) in [4.78, 5) is 40.8. The van der Waals surface area contributed by atoms with Crippen LogP contribution in [-0.2, 0) is 11.4 Å². The minimum absolute atomic E-state index is 0.0408. The first-order valence-corrected chi connectivity index (χ1v) is 6.56. The van der Waals surface area contributed by atoms with Gasteiger partial charge in [0.15, 0.2) is 0 Å². The van der Waals surface area contributed by atoms with E-state index in [2.05, 4.69) is 9.94 Å². The molecule has 0 fully saturated rings. The number of amides is 2. The maximum Gasteiger partial charge on any atom is 0.408 e. The predicted molar refractivity (Wildman–Crippen MR) is 70.6 cm³/mol. The van der Waals surface area contributed by atoms with Crippen LogP contribution >= 0.6 is 0 Å². The Hall–Kier alpha value is -3.17. The zero-order valence-corrected chi connectivity index (χ0v) is 11.8. The number of carbonyl (C=O) groups is 3. The monoisotopic (exact) mass is 339 g/mol. The molecule has 2 heterocycles. The summed E-state index contributed by atoms with van der Waals surface area (Å²) >= 11 is 0. The maximum atomic E-state index is 12.4. The normalized spacial score (nSPS) is 14.0. The Morgan fingerprint density at radius 2 is 1.67 bits per heavy atom. The molecule has 1 aliphatic heterocycles. The fourth-order valence-electron chi connectivity index (χ4n) is 2.18. The quantitative estimate of drug-likeness (QED) is 0.797. The van der Waals surface area contributed by atoms with E-state index < -0.39 is 36.2 Å². The highest BCUT2D eigenvalue weighted by Crippen LogP contribution is 2.24. The molecule has 1 aromatic carbocycles. The Morgan fingerprint density at radius 3 is 2.21 bits per heavy atom. The number of aromatic nitrogens is 2. The van der Waals surface area contributed by atoms with Crippen LogP contribution in [0, 0.1) is 0 Å². The van der Waals surface area contributed by atoms with E-state index >= 15 is 0 Å². The third-order valence-corrected chi connectivity index (χ3v) is 3.19. The number of carbonyl (C=O) groups excluding carboxylic acids is 3. The van der Waals surface area contributed by atoms with Gasteiger partial charge < -0.3 is 4.84 Å². The van der Waals surface area contributed by atoms with Gasteiger partial charge >= 0.3 is 12.1 Å². The second-order valence-electron chi connectivity index (χ2n) is 4.82. The topological polar surface area (TPSA) is 81.5 Å². The van der Waals surface area contributed by atoms with Gasteiger partial charge in [0.05, 0.1) is 11.1 Å². The third kappa shape index (κ3) is 2.73. The van der Waals surface area contributed by atoms with Gasteiger partial charge in [-0.1, -0.05) is 17.2 Å². The Kier molecular flexibility index (Phi) is 3.59. The van der Waals surface area contributed by atoms with Crippen molar-refractivity contribution in [3.05, 3.63) is 53.3 Å². The number of halogens is 3. The van der Waals surface area contributed by atoms with Crippen LogP contribution in [-0.4, -0.2) is 38.8 Å². The lowest BCUT2D eigenvalue weighted by Gasteiger charge is -2.14. The molecule has 1 aliphatic rings. The van der Waals surface area contributed by atoms with E-state index in [1.54, 1.807) is 0 Å². The molecule has 2 aromatic rings. The molecule has 0 N–H and O–H groups in total. The van der Waals surface area contributed by atoms with Crippen molar-refractivity contribution in [2.24, 2.45) is 0 Å². The van der Waals surface area contributed by atoms with E-state index in [-0.39, 0.29) is 16.2 Å². The minimum atomic E-state index is -4.60. The highest BCUT2D eigenvalue weighted by Gasteiger charge is 2.39. The molecule has 10 heteroatoms. The van der Waals surface area contributed by atoms with Gasteiger partial charge in [0, 0.05) is 6.20 Å². The molecule has 0 atom stereocenters. The Bertz CT molecular complexity index is 809. The molecule has 24 heavy (non-hydrogen) atoms. The van der Waals surface area contributed by atoms with Crippen molar-refractivity contribution in [3.8, 4) is 0 Å². The molecule has 1 aromatic heterocycles. The van der Waals surface area contributed by atoms with E-state index in [0.717, 1.165) is 12.3 Å². The lowest BCUT2D eigenvalue weighted by atomic mass is 10.1. The molecule has 0 radical (unpaired) electrons. The fourth-order valence-corrected chi connectivity index (χ4v) is 2.18. The molecular weight excluding hydrogens is 331 g/mol. The average Bonchev–Trinajstić information content (AvgIpc) is 3.05. The number of benzene rings is 1. The first kappa shape index (κ1) is 15.7. The summed E-state index contributed by atoms with van der Waals surface area (Å²) in [6.07, 6.45) is -3.62. The largest absolute Gasteiger partial charge is 0.408 e. The molecule has 0 saturated carbocycles. The predicted octanol–water partition coefficient (Wildman–Crippen LogP) is 1.81. The highest BCUT2D eigenvalue weighted by molar-refractivity contribution is 6.21. The van der Waals surface area contributed by atoms with Crippen LogP contribution in [0.1, 0.15) is 31.2 Å². The number of fused-ring (bicyclic) bond motifs is 1. The van der Waals surface area contributed by atoms with Crippen LogP contribution < -0.4 is 0 Å². The first-order valence-electron chi connectivity index (χ1n) is 6.56. The summed E-state index contributed by atoms with van der Waals surface area (Å²) in [6, 6.07) is 6.78. The van der Waals surface area contributed by atoms with Crippen LogP contribution in [0.5, 0.6) is 0 Å². The Morgan fingerprint density at radius 1 is 1.08 bits per heavy atom. The van der Waals surface area contributed by atoms with Crippen molar-refractivity contribution in [2.75, 3.05) is 0 Å². The van der Waals surface area contributed by atoms with Crippen molar-refractivity contribution >= 4 is 17.8 Å². The van der Waals surface area contributed by atoms with E-state index in [1.807, 2.05) is 0 Å². The smallest absolute Gasteiger partial charge is 0.323 e. The number of alkyl halides is 3. The van der Waals surface area contributed by atoms with Gasteiger partial charge in [-0.15, -0.1) is 0 Å². The van der Waals surface area contributed by atoms with Crippen molar-refractivity contribution in [3.63, 3.8) is 0 Å². The molecule has 0 bridgehead atoms. The summed E-state index contributed by atoms with van der Waals surface area (Å²) in [5, 5.41) is 3.60. The fraction of sp³-hybridized carbons (Fsp3) is 0.143. The molecule has 2 amide bonds. The standard InChI is InChI=1S/C14H8F3N3O4/c15-14(16,17)7-19-10(5-6-18-19)13(23)24-20-11(21)8-3-1-2-4-9(8)12(20)22/h1-6H,7H2. The second-order valence-corrected chi connectivity index (χ2v) is 4.82. The number of nitrogens with zero attached hydrogens (tertiary/aromatic N) is 3. The van der Waals surface area contributed by atoms with Gasteiger partial charge in [0.25, 0.3) is 11.8 Å². The minimum Gasteiger partial charge on any atom is -0.323 e. The van der Waals surface area contributed by atoms with Gasteiger partial charge in [-0.25, -0.2) is 9.48 Å². The summed E-state index contributed by atoms with van der Waals surface area (Å²) in [5.74, 6) is -3.04. The van der Waals surface area contributed by atoms with E-state index in [0.29, 0.717) is 4.68 Å². The Labute approximate surface area is 132 Å². The van der Waals surface area contributed by atoms with E-state index in [4.69, 9.17) is 0 Å². The van der Waals surface area contributed by atoms with E-state index in [9.17, 15) is 27.6 Å². The molecule has 124 valence electrons. The lowest BCUT2D eigenvalue weighted by molar-refractivity contribution is -0.143. The summed E-state index contributed by atoms with van der Waals surface area (Å²) in [5.41, 5.74) is -0.456. The van der Waals surface area contributed by atoms with Crippen molar-refractivity contribution in [1.82, 2.24) is 14.8 Å². The molecule has 0 aliphatic carbocycles.